The van der Waals surface area contributed by atoms with Crippen molar-refractivity contribution in [3.8, 4) is 6.07 Å². The number of thioether (sulfide) groups is 1. The summed E-state index contributed by atoms with van der Waals surface area (Å²) in [5.74, 6) is 0.458. The summed E-state index contributed by atoms with van der Waals surface area (Å²) in [5, 5.41) is 10.3. The fourth-order valence-electron chi connectivity index (χ4n) is 1.30. The van der Waals surface area contributed by atoms with E-state index in [4.69, 9.17) is 16.9 Å². The number of H-pyrrole nitrogens is 1. The minimum atomic E-state index is 0.458. The molecule has 0 aliphatic heterocycles. The number of nitrogens with one attached hydrogen (secondary N) is 1. The van der Waals surface area contributed by atoms with Crippen LogP contribution in [0.5, 0.6) is 0 Å². The van der Waals surface area contributed by atoms with Gasteiger partial charge in [0.2, 0.25) is 0 Å². The van der Waals surface area contributed by atoms with Gasteiger partial charge in [-0.15, -0.1) is 11.8 Å². The molecule has 70 valence electrons. The standard InChI is InChI=1S/C10H7ClN2S/c11-7-1-2-9-8(5-7)10(6-13-9)14-4-3-12/h1-2,5-6,13H,4H2. The van der Waals surface area contributed by atoms with Gasteiger partial charge in [-0.25, -0.2) is 0 Å². The maximum atomic E-state index is 8.48. The van der Waals surface area contributed by atoms with E-state index < -0.39 is 0 Å². The first-order valence-corrected chi connectivity index (χ1v) is 5.44. The van der Waals surface area contributed by atoms with E-state index >= 15 is 0 Å². The number of aromatic amines is 1. The molecule has 1 aromatic carbocycles. The molecule has 4 heteroatoms. The lowest BCUT2D eigenvalue weighted by molar-refractivity contribution is 1.41. The fourth-order valence-corrected chi connectivity index (χ4v) is 2.16. The molecular formula is C10H7ClN2S. The lowest BCUT2D eigenvalue weighted by Crippen LogP contribution is -1.72. The Balaban J connectivity index is 2.46. The van der Waals surface area contributed by atoms with Crippen molar-refractivity contribution in [3.63, 3.8) is 0 Å². The second kappa shape index (κ2) is 3.95. The van der Waals surface area contributed by atoms with Crippen LogP contribution < -0.4 is 0 Å². The Labute approximate surface area is 90.9 Å². The van der Waals surface area contributed by atoms with E-state index in [-0.39, 0.29) is 0 Å². The van der Waals surface area contributed by atoms with Gasteiger partial charge >= 0.3 is 0 Å². The minimum Gasteiger partial charge on any atom is -0.360 e. The number of nitrogens with zero attached hydrogens (tertiary/aromatic N) is 1. The van der Waals surface area contributed by atoms with Crippen molar-refractivity contribution in [2.75, 3.05) is 5.75 Å². The first-order valence-electron chi connectivity index (χ1n) is 4.07. The van der Waals surface area contributed by atoms with Gasteiger partial charge in [-0.05, 0) is 18.2 Å². The van der Waals surface area contributed by atoms with Crippen LogP contribution in [0.4, 0.5) is 0 Å². The predicted octanol–water partition coefficient (Wildman–Crippen LogP) is 3.44. The molecule has 0 radical (unpaired) electrons. The van der Waals surface area contributed by atoms with Gasteiger partial charge in [0.05, 0.1) is 11.8 Å². The highest BCUT2D eigenvalue weighted by molar-refractivity contribution is 7.99. The third-order valence-electron chi connectivity index (χ3n) is 1.90. The Morgan fingerprint density at radius 3 is 3.14 bits per heavy atom. The Hall–Kier alpha value is -1.11. The summed E-state index contributed by atoms with van der Waals surface area (Å²) in [6.07, 6.45) is 1.91. The lowest BCUT2D eigenvalue weighted by Gasteiger charge is -1.94. The molecule has 0 fully saturated rings. The number of fused-ring (bicyclic) bond motifs is 1. The highest BCUT2D eigenvalue weighted by Crippen LogP contribution is 2.29. The largest absolute Gasteiger partial charge is 0.360 e. The van der Waals surface area contributed by atoms with Crippen LogP contribution in [-0.4, -0.2) is 10.7 Å². The number of nitriles is 1. The summed E-state index contributed by atoms with van der Waals surface area (Å²) in [6, 6.07) is 7.80. The molecule has 1 N–H and O–H groups in total. The van der Waals surface area contributed by atoms with Crippen LogP contribution in [0, 0.1) is 11.3 Å². The Kier molecular flexibility index (Phi) is 2.67. The van der Waals surface area contributed by atoms with Crippen LogP contribution in [0.1, 0.15) is 0 Å². The quantitative estimate of drug-likeness (QED) is 0.791. The van der Waals surface area contributed by atoms with Crippen LogP contribution in [0.15, 0.2) is 29.3 Å². The van der Waals surface area contributed by atoms with Gasteiger partial charge in [-0.1, -0.05) is 11.6 Å². The van der Waals surface area contributed by atoms with Crippen LogP contribution >= 0.6 is 23.4 Å². The smallest absolute Gasteiger partial charge is 0.0856 e. The number of hydrogen-bond acceptors (Lipinski definition) is 2. The summed E-state index contributed by atoms with van der Waals surface area (Å²) in [5.41, 5.74) is 1.05. The first-order chi connectivity index (χ1) is 6.81. The highest BCUT2D eigenvalue weighted by atomic mass is 35.5. The highest BCUT2D eigenvalue weighted by Gasteiger charge is 2.03. The SMILES string of the molecule is N#CCSc1c[nH]c2ccc(Cl)cc12. The van der Waals surface area contributed by atoms with E-state index in [9.17, 15) is 0 Å². The maximum absolute atomic E-state index is 8.48. The van der Waals surface area contributed by atoms with Crippen molar-refractivity contribution in [3.05, 3.63) is 29.4 Å². The second-order valence-corrected chi connectivity index (χ2v) is 4.24. The number of benzene rings is 1. The van der Waals surface area contributed by atoms with Crippen molar-refractivity contribution < 1.29 is 0 Å². The van der Waals surface area contributed by atoms with E-state index in [1.165, 1.54) is 11.8 Å². The molecule has 2 rings (SSSR count). The van der Waals surface area contributed by atoms with Crippen molar-refractivity contribution in [1.29, 1.82) is 5.26 Å². The van der Waals surface area contributed by atoms with Gasteiger partial charge in [0.25, 0.3) is 0 Å². The Morgan fingerprint density at radius 2 is 2.36 bits per heavy atom. The molecule has 0 saturated carbocycles. The van der Waals surface area contributed by atoms with Gasteiger partial charge in [0.15, 0.2) is 0 Å². The first kappa shape index (κ1) is 9.45. The molecule has 0 aliphatic carbocycles. The van der Waals surface area contributed by atoms with Gasteiger partial charge in [-0.3, -0.25) is 0 Å². The summed E-state index contributed by atoms with van der Waals surface area (Å²) in [6.45, 7) is 0. The molecule has 0 aliphatic rings. The van der Waals surface area contributed by atoms with Crippen LogP contribution in [-0.2, 0) is 0 Å². The second-order valence-electron chi connectivity index (χ2n) is 2.79. The topological polar surface area (TPSA) is 39.6 Å². The van der Waals surface area contributed by atoms with Crippen LogP contribution in [0.2, 0.25) is 5.02 Å². The molecule has 1 aromatic heterocycles. The van der Waals surface area contributed by atoms with Gasteiger partial charge in [0.1, 0.15) is 0 Å². The monoisotopic (exact) mass is 222 g/mol. The molecule has 0 amide bonds. The molecule has 1 heterocycles. The molecule has 0 spiro atoms. The van der Waals surface area contributed by atoms with E-state index in [0.717, 1.165) is 20.8 Å². The number of aromatic nitrogens is 1. The average Bonchev–Trinajstić information content (AvgIpc) is 2.57. The third-order valence-corrected chi connectivity index (χ3v) is 3.06. The van der Waals surface area contributed by atoms with Crippen molar-refractivity contribution in [2.45, 2.75) is 4.90 Å². The Bertz CT molecular complexity index is 498. The number of halogens is 1. The van der Waals surface area contributed by atoms with E-state index in [1.54, 1.807) is 0 Å². The minimum absolute atomic E-state index is 0.458. The summed E-state index contributed by atoms with van der Waals surface area (Å²) in [4.78, 5) is 4.21. The number of hydrogen-bond donors (Lipinski definition) is 1. The lowest BCUT2D eigenvalue weighted by atomic mass is 10.2. The van der Waals surface area contributed by atoms with E-state index in [2.05, 4.69) is 11.1 Å². The van der Waals surface area contributed by atoms with Gasteiger partial charge in [-0.2, -0.15) is 5.26 Å². The molecule has 0 unspecified atom stereocenters. The molecule has 2 aromatic rings. The molecule has 0 atom stereocenters. The van der Waals surface area contributed by atoms with Crippen molar-refractivity contribution in [2.24, 2.45) is 0 Å². The van der Waals surface area contributed by atoms with Gasteiger partial charge < -0.3 is 4.98 Å². The zero-order valence-electron chi connectivity index (χ0n) is 7.25. The average molecular weight is 223 g/mol. The number of rotatable bonds is 2. The summed E-state index contributed by atoms with van der Waals surface area (Å²) < 4.78 is 0. The zero-order valence-corrected chi connectivity index (χ0v) is 8.82. The normalized spacial score (nSPS) is 10.3. The molecule has 0 saturated heterocycles. The fraction of sp³-hybridized carbons (Fsp3) is 0.100. The van der Waals surface area contributed by atoms with E-state index in [0.29, 0.717) is 5.75 Å². The zero-order chi connectivity index (χ0) is 9.97. The maximum Gasteiger partial charge on any atom is 0.0856 e. The third kappa shape index (κ3) is 1.72. The molecular weight excluding hydrogens is 216 g/mol. The predicted molar refractivity (Wildman–Crippen MR) is 59.6 cm³/mol. The molecule has 2 nitrogen and oxygen atoms in total. The van der Waals surface area contributed by atoms with E-state index in [1.807, 2.05) is 24.4 Å². The van der Waals surface area contributed by atoms with Gasteiger partial charge in [0, 0.05) is 27.0 Å². The summed E-state index contributed by atoms with van der Waals surface area (Å²) in [7, 11) is 0. The van der Waals surface area contributed by atoms with Crippen LogP contribution in [0.25, 0.3) is 10.9 Å². The molecule has 14 heavy (non-hydrogen) atoms. The van der Waals surface area contributed by atoms with Crippen molar-refractivity contribution >= 4 is 34.3 Å². The van der Waals surface area contributed by atoms with Crippen LogP contribution in [0.3, 0.4) is 0 Å². The van der Waals surface area contributed by atoms with Crippen molar-refractivity contribution in [1.82, 2.24) is 4.98 Å². The summed E-state index contributed by atoms with van der Waals surface area (Å²) >= 11 is 7.41. The Morgan fingerprint density at radius 1 is 1.50 bits per heavy atom. The molecule has 0 bridgehead atoms.